The number of amides is 1. The van der Waals surface area contributed by atoms with Crippen LogP contribution >= 0.6 is 0 Å². The van der Waals surface area contributed by atoms with Gasteiger partial charge >= 0.3 is 0 Å². The van der Waals surface area contributed by atoms with E-state index in [9.17, 15) is 10.0 Å². The molecule has 1 heterocycles. The standard InChI is InChI=1S/C17H22N2O2/c20-17-16(18-21)14(11-13-7-3-1-4-8-13)12-19(17)15-9-5-2-6-10-15/h1,3-4,7-8,14-15,21H,2,5-6,9-12H2/b18-16-. The molecule has 0 aromatic heterocycles. The Kier molecular flexibility index (Phi) is 4.23. The minimum atomic E-state index is -0.0645. The smallest absolute Gasteiger partial charge is 0.272 e. The zero-order valence-corrected chi connectivity index (χ0v) is 12.2. The Bertz CT molecular complexity index is 521. The fourth-order valence-corrected chi connectivity index (χ4v) is 3.62. The average molecular weight is 286 g/mol. The Labute approximate surface area is 125 Å². The highest BCUT2D eigenvalue weighted by Gasteiger charge is 2.40. The SMILES string of the molecule is O=C1/C(=N\O)C(Cc2ccccc2)CN1C1CCCCC1. The van der Waals surface area contributed by atoms with E-state index in [0.717, 1.165) is 19.3 Å². The van der Waals surface area contributed by atoms with Gasteiger partial charge in [-0.3, -0.25) is 4.79 Å². The van der Waals surface area contributed by atoms with E-state index >= 15 is 0 Å². The molecule has 1 saturated heterocycles. The van der Waals surface area contributed by atoms with Crippen LogP contribution in [0.3, 0.4) is 0 Å². The van der Waals surface area contributed by atoms with Gasteiger partial charge in [0.05, 0.1) is 0 Å². The molecular formula is C17H22N2O2. The maximum Gasteiger partial charge on any atom is 0.272 e. The van der Waals surface area contributed by atoms with Crippen LogP contribution < -0.4 is 0 Å². The van der Waals surface area contributed by atoms with Crippen molar-refractivity contribution in [3.63, 3.8) is 0 Å². The molecule has 112 valence electrons. The summed E-state index contributed by atoms with van der Waals surface area (Å²) in [6.45, 7) is 0.692. The van der Waals surface area contributed by atoms with Gasteiger partial charge in [0.25, 0.3) is 5.91 Å². The molecule has 0 bridgehead atoms. The first kappa shape index (κ1) is 14.1. The van der Waals surface area contributed by atoms with E-state index in [1.165, 1.54) is 24.8 Å². The highest BCUT2D eigenvalue weighted by Crippen LogP contribution is 2.29. The second kappa shape index (κ2) is 6.29. The summed E-state index contributed by atoms with van der Waals surface area (Å²) in [6.07, 6.45) is 6.60. The topological polar surface area (TPSA) is 52.9 Å². The predicted octanol–water partition coefficient (Wildman–Crippen LogP) is 2.85. The van der Waals surface area contributed by atoms with Gasteiger partial charge in [-0.1, -0.05) is 54.8 Å². The first-order valence-electron chi connectivity index (χ1n) is 7.86. The number of likely N-dealkylation sites (tertiary alicyclic amines) is 1. The number of nitrogens with zero attached hydrogens (tertiary/aromatic N) is 2. The highest BCUT2D eigenvalue weighted by molar-refractivity contribution is 6.41. The molecule has 2 aliphatic rings. The fraction of sp³-hybridized carbons (Fsp3) is 0.529. The maximum atomic E-state index is 12.5. The molecule has 2 fully saturated rings. The van der Waals surface area contributed by atoms with Crippen LogP contribution in [-0.2, 0) is 11.2 Å². The van der Waals surface area contributed by atoms with Crippen molar-refractivity contribution in [1.82, 2.24) is 4.90 Å². The zero-order valence-electron chi connectivity index (χ0n) is 12.2. The summed E-state index contributed by atoms with van der Waals surface area (Å²) >= 11 is 0. The third-order valence-electron chi connectivity index (χ3n) is 4.73. The van der Waals surface area contributed by atoms with Gasteiger partial charge in [0.1, 0.15) is 5.71 Å². The van der Waals surface area contributed by atoms with Gasteiger partial charge in [0, 0.05) is 18.5 Å². The van der Waals surface area contributed by atoms with Gasteiger partial charge in [-0.25, -0.2) is 0 Å². The summed E-state index contributed by atoms with van der Waals surface area (Å²) in [5, 5.41) is 12.6. The number of carbonyl (C=O) groups is 1. The summed E-state index contributed by atoms with van der Waals surface area (Å²) in [5.41, 5.74) is 1.52. The molecule has 1 aliphatic carbocycles. The molecule has 4 nitrogen and oxygen atoms in total. The van der Waals surface area contributed by atoms with Gasteiger partial charge in [-0.05, 0) is 24.8 Å². The molecule has 1 unspecified atom stereocenters. The van der Waals surface area contributed by atoms with E-state index in [-0.39, 0.29) is 11.8 Å². The van der Waals surface area contributed by atoms with Crippen LogP contribution in [0.2, 0.25) is 0 Å². The Morgan fingerprint density at radius 3 is 2.52 bits per heavy atom. The van der Waals surface area contributed by atoms with Gasteiger partial charge in [0.2, 0.25) is 0 Å². The zero-order chi connectivity index (χ0) is 14.7. The third-order valence-corrected chi connectivity index (χ3v) is 4.73. The minimum absolute atomic E-state index is 0.00632. The van der Waals surface area contributed by atoms with E-state index in [1.54, 1.807) is 0 Å². The lowest BCUT2D eigenvalue weighted by molar-refractivity contribution is -0.125. The van der Waals surface area contributed by atoms with Crippen molar-refractivity contribution in [2.24, 2.45) is 11.1 Å². The average Bonchev–Trinajstić information content (AvgIpc) is 2.85. The van der Waals surface area contributed by atoms with E-state index in [1.807, 2.05) is 23.1 Å². The van der Waals surface area contributed by atoms with Gasteiger partial charge in [-0.15, -0.1) is 0 Å². The number of oxime groups is 1. The molecule has 4 heteroatoms. The first-order valence-corrected chi connectivity index (χ1v) is 7.86. The molecule has 0 radical (unpaired) electrons. The molecule has 1 saturated carbocycles. The van der Waals surface area contributed by atoms with Crippen LogP contribution in [-0.4, -0.2) is 34.3 Å². The number of hydrogen-bond donors (Lipinski definition) is 1. The van der Waals surface area contributed by atoms with Gasteiger partial charge in [0.15, 0.2) is 0 Å². The molecule has 1 aliphatic heterocycles. The van der Waals surface area contributed by atoms with Crippen LogP contribution in [0.25, 0.3) is 0 Å². The summed E-state index contributed by atoms with van der Waals surface area (Å²) in [7, 11) is 0. The van der Waals surface area contributed by atoms with Crippen molar-refractivity contribution in [3.8, 4) is 0 Å². The molecule has 1 atom stereocenters. The monoisotopic (exact) mass is 286 g/mol. The minimum Gasteiger partial charge on any atom is -0.410 e. The fourth-order valence-electron chi connectivity index (χ4n) is 3.62. The van der Waals surface area contributed by atoms with Crippen LogP contribution in [0.5, 0.6) is 0 Å². The summed E-state index contributed by atoms with van der Waals surface area (Å²) in [6, 6.07) is 10.4. The third kappa shape index (κ3) is 2.94. The van der Waals surface area contributed by atoms with Crippen molar-refractivity contribution in [2.45, 2.75) is 44.6 Å². The summed E-state index contributed by atoms with van der Waals surface area (Å²) in [4.78, 5) is 14.4. The van der Waals surface area contributed by atoms with Crippen LogP contribution in [0, 0.1) is 5.92 Å². The van der Waals surface area contributed by atoms with E-state index in [0.29, 0.717) is 18.3 Å². The number of hydrogen-bond acceptors (Lipinski definition) is 3. The van der Waals surface area contributed by atoms with Crippen molar-refractivity contribution < 1.29 is 10.0 Å². The lowest BCUT2D eigenvalue weighted by Crippen LogP contribution is -2.39. The molecular weight excluding hydrogens is 264 g/mol. The largest absolute Gasteiger partial charge is 0.410 e. The van der Waals surface area contributed by atoms with Crippen molar-refractivity contribution in [1.29, 1.82) is 0 Å². The molecule has 0 spiro atoms. The van der Waals surface area contributed by atoms with Gasteiger partial charge < -0.3 is 10.1 Å². The van der Waals surface area contributed by atoms with Crippen LogP contribution in [0.1, 0.15) is 37.7 Å². The van der Waals surface area contributed by atoms with Crippen LogP contribution in [0.15, 0.2) is 35.5 Å². The summed E-state index contributed by atoms with van der Waals surface area (Å²) < 4.78 is 0. The Morgan fingerprint density at radius 2 is 1.86 bits per heavy atom. The van der Waals surface area contributed by atoms with E-state index in [4.69, 9.17) is 0 Å². The Hall–Kier alpha value is -1.84. The maximum absolute atomic E-state index is 12.5. The second-order valence-corrected chi connectivity index (χ2v) is 6.12. The lowest BCUT2D eigenvalue weighted by Gasteiger charge is -2.30. The van der Waals surface area contributed by atoms with Crippen LogP contribution in [0.4, 0.5) is 0 Å². The molecule has 1 aromatic carbocycles. The number of benzene rings is 1. The van der Waals surface area contributed by atoms with E-state index < -0.39 is 0 Å². The summed E-state index contributed by atoms with van der Waals surface area (Å²) in [5.74, 6) is -0.0582. The Balaban J connectivity index is 1.74. The van der Waals surface area contributed by atoms with Gasteiger partial charge in [-0.2, -0.15) is 0 Å². The number of carbonyl (C=O) groups excluding carboxylic acids is 1. The Morgan fingerprint density at radius 1 is 1.14 bits per heavy atom. The predicted molar refractivity (Wildman–Crippen MR) is 81.4 cm³/mol. The quantitative estimate of drug-likeness (QED) is 0.686. The normalized spacial score (nSPS) is 25.7. The molecule has 1 N–H and O–H groups in total. The molecule has 3 rings (SSSR count). The number of rotatable bonds is 3. The molecule has 1 aromatic rings. The lowest BCUT2D eigenvalue weighted by atomic mass is 9.94. The van der Waals surface area contributed by atoms with E-state index in [2.05, 4.69) is 17.3 Å². The van der Waals surface area contributed by atoms with Crippen molar-refractivity contribution >= 4 is 11.6 Å². The van der Waals surface area contributed by atoms with Crippen molar-refractivity contribution in [3.05, 3.63) is 35.9 Å². The molecule has 21 heavy (non-hydrogen) atoms. The highest BCUT2D eigenvalue weighted by atomic mass is 16.4. The first-order chi connectivity index (χ1) is 10.3. The second-order valence-electron chi connectivity index (χ2n) is 6.12. The van der Waals surface area contributed by atoms with Crippen molar-refractivity contribution in [2.75, 3.05) is 6.54 Å². The molecule has 1 amide bonds.